The first kappa shape index (κ1) is 14.8. The van der Waals surface area contributed by atoms with Crippen molar-refractivity contribution >= 4 is 5.78 Å². The van der Waals surface area contributed by atoms with E-state index in [0.29, 0.717) is 0 Å². The van der Waals surface area contributed by atoms with Gasteiger partial charge >= 0.3 is 0 Å². The van der Waals surface area contributed by atoms with Crippen LogP contribution in [-0.4, -0.2) is 27.7 Å². The third-order valence-corrected chi connectivity index (χ3v) is 4.55. The van der Waals surface area contributed by atoms with Crippen LogP contribution in [0.3, 0.4) is 0 Å². The van der Waals surface area contributed by atoms with E-state index in [4.69, 9.17) is 9.15 Å². The van der Waals surface area contributed by atoms with E-state index in [0.717, 1.165) is 6.07 Å². The summed E-state index contributed by atoms with van der Waals surface area (Å²) in [4.78, 5) is 24.2. The number of carbonyl (C=O) groups excluding carboxylic acids is 1. The van der Waals surface area contributed by atoms with Gasteiger partial charge in [0.1, 0.15) is 11.9 Å². The number of hydrogen-bond acceptors (Lipinski definition) is 7. The second-order valence-corrected chi connectivity index (χ2v) is 6.10. The number of rotatable bonds is 1. The Morgan fingerprint density at radius 1 is 1.45 bits per heavy atom. The number of aliphatic hydroxyl groups is 1. The molecule has 2 N–H and O–H groups in total. The van der Waals surface area contributed by atoms with Gasteiger partial charge in [-0.15, -0.1) is 0 Å². The number of carbonyl (C=O) groups is 1. The molecule has 3 rings (SSSR count). The standard InChI is InChI=1S/C15H15NO6/c1-7-3-9(17)12(19)13(21-7)15(20)10(18)5-14(2)8(6-16)4-11(15)22-14/h3,8,11,19-20H,4-5H2,1-2H3/t8-,11+,14+,15?/m1/s1. The zero-order valence-electron chi connectivity index (χ0n) is 12.1. The molecule has 22 heavy (non-hydrogen) atoms. The summed E-state index contributed by atoms with van der Waals surface area (Å²) in [6.45, 7) is 3.11. The molecule has 0 aliphatic carbocycles. The maximum atomic E-state index is 12.5. The van der Waals surface area contributed by atoms with Gasteiger partial charge in [0, 0.05) is 12.5 Å². The molecule has 4 atom stereocenters. The molecular weight excluding hydrogens is 290 g/mol. The van der Waals surface area contributed by atoms with Crippen LogP contribution in [0.5, 0.6) is 5.75 Å². The number of nitriles is 1. The van der Waals surface area contributed by atoms with Gasteiger partial charge in [0.25, 0.3) is 0 Å². The van der Waals surface area contributed by atoms with Crippen molar-refractivity contribution in [2.24, 2.45) is 5.92 Å². The van der Waals surface area contributed by atoms with Crippen LogP contribution >= 0.6 is 0 Å². The monoisotopic (exact) mass is 305 g/mol. The molecule has 2 aliphatic rings. The van der Waals surface area contributed by atoms with Crippen molar-refractivity contribution in [1.29, 1.82) is 5.26 Å². The zero-order chi connectivity index (χ0) is 16.3. The van der Waals surface area contributed by atoms with Crippen LogP contribution in [0.15, 0.2) is 15.3 Å². The maximum Gasteiger partial charge on any atom is 0.227 e. The fourth-order valence-corrected chi connectivity index (χ4v) is 3.30. The number of ketones is 1. The highest BCUT2D eigenvalue weighted by Crippen LogP contribution is 2.51. The minimum Gasteiger partial charge on any atom is -0.502 e. The summed E-state index contributed by atoms with van der Waals surface area (Å²) in [7, 11) is 0. The van der Waals surface area contributed by atoms with E-state index < -0.39 is 45.9 Å². The van der Waals surface area contributed by atoms with E-state index in [1.54, 1.807) is 6.92 Å². The number of ether oxygens (including phenoxy) is 1. The summed E-state index contributed by atoms with van der Waals surface area (Å²) in [6, 6.07) is 3.14. The van der Waals surface area contributed by atoms with Crippen LogP contribution in [0.25, 0.3) is 0 Å². The van der Waals surface area contributed by atoms with Gasteiger partial charge in [-0.05, 0) is 20.3 Å². The van der Waals surface area contributed by atoms with E-state index in [2.05, 4.69) is 6.07 Å². The first-order valence-electron chi connectivity index (χ1n) is 6.89. The molecule has 1 unspecified atom stereocenters. The highest BCUT2D eigenvalue weighted by molar-refractivity contribution is 5.91. The fourth-order valence-electron chi connectivity index (χ4n) is 3.30. The Hall–Kier alpha value is -2.17. The van der Waals surface area contributed by atoms with Gasteiger partial charge in [-0.2, -0.15) is 5.26 Å². The second kappa shape index (κ2) is 4.41. The molecule has 0 spiro atoms. The van der Waals surface area contributed by atoms with Crippen LogP contribution in [0.1, 0.15) is 31.3 Å². The van der Waals surface area contributed by atoms with Crippen LogP contribution in [-0.2, 0) is 15.1 Å². The molecule has 2 fully saturated rings. The van der Waals surface area contributed by atoms with Gasteiger partial charge in [0.2, 0.25) is 16.8 Å². The Labute approximate surface area is 125 Å². The summed E-state index contributed by atoms with van der Waals surface area (Å²) < 4.78 is 11.0. The summed E-state index contributed by atoms with van der Waals surface area (Å²) in [5.41, 5.74) is -3.98. The first-order chi connectivity index (χ1) is 10.2. The minimum absolute atomic E-state index is 0.117. The number of nitrogens with zero attached hydrogens (tertiary/aromatic N) is 1. The number of aryl methyl sites for hydroxylation is 1. The number of fused-ring (bicyclic) bond motifs is 2. The van der Waals surface area contributed by atoms with Crippen molar-refractivity contribution < 1.29 is 24.2 Å². The second-order valence-electron chi connectivity index (χ2n) is 6.10. The van der Waals surface area contributed by atoms with E-state index in [9.17, 15) is 25.1 Å². The first-order valence-corrected chi connectivity index (χ1v) is 6.89. The van der Waals surface area contributed by atoms with Crippen molar-refractivity contribution in [2.75, 3.05) is 0 Å². The van der Waals surface area contributed by atoms with E-state index in [1.807, 2.05) is 0 Å². The zero-order valence-corrected chi connectivity index (χ0v) is 12.1. The lowest BCUT2D eigenvalue weighted by molar-refractivity contribution is -0.195. The summed E-state index contributed by atoms with van der Waals surface area (Å²) >= 11 is 0. The highest BCUT2D eigenvalue weighted by atomic mass is 16.5. The van der Waals surface area contributed by atoms with Crippen LogP contribution < -0.4 is 5.43 Å². The molecule has 1 aromatic heterocycles. The predicted molar refractivity (Wildman–Crippen MR) is 71.9 cm³/mol. The van der Waals surface area contributed by atoms with E-state index >= 15 is 0 Å². The normalized spacial score (nSPS) is 37.1. The van der Waals surface area contributed by atoms with Crippen molar-refractivity contribution in [1.82, 2.24) is 0 Å². The number of hydrogen-bond donors (Lipinski definition) is 2. The molecule has 7 heteroatoms. The van der Waals surface area contributed by atoms with Gasteiger partial charge in [-0.3, -0.25) is 9.59 Å². The molecule has 0 aromatic carbocycles. The lowest BCUT2D eigenvalue weighted by Crippen LogP contribution is -2.54. The van der Waals surface area contributed by atoms with Crippen molar-refractivity contribution in [3.05, 3.63) is 27.8 Å². The van der Waals surface area contributed by atoms with Crippen LogP contribution in [0.2, 0.25) is 0 Å². The molecule has 0 radical (unpaired) electrons. The molecule has 2 aliphatic heterocycles. The number of Topliss-reactive ketones (excluding diaryl/α,β-unsaturated/α-hetero) is 1. The third-order valence-electron chi connectivity index (χ3n) is 4.55. The summed E-state index contributed by atoms with van der Waals surface area (Å²) in [5, 5.41) is 30.0. The quantitative estimate of drug-likeness (QED) is 0.775. The van der Waals surface area contributed by atoms with Crippen LogP contribution in [0, 0.1) is 24.2 Å². The summed E-state index contributed by atoms with van der Waals surface area (Å²) in [6.07, 6.45) is -1.12. The fraction of sp³-hybridized carbons (Fsp3) is 0.533. The Bertz CT molecular complexity index is 762. The Morgan fingerprint density at radius 2 is 2.14 bits per heavy atom. The lowest BCUT2D eigenvalue weighted by Gasteiger charge is -2.39. The molecule has 0 amide bonds. The maximum absolute atomic E-state index is 12.5. The molecule has 7 nitrogen and oxygen atoms in total. The predicted octanol–water partition coefficient (Wildman–Crippen LogP) is 0.502. The SMILES string of the molecule is Cc1cc(=O)c(O)c(C2(O)C(=O)C[C@]3(C)O[C@H]2C[C@@H]3C#N)o1. The third kappa shape index (κ3) is 1.74. The lowest BCUT2D eigenvalue weighted by atomic mass is 9.82. The average Bonchev–Trinajstić information content (AvgIpc) is 2.74. The summed E-state index contributed by atoms with van der Waals surface area (Å²) in [5.74, 6) is -2.36. The molecular formula is C15H15NO6. The van der Waals surface area contributed by atoms with Gasteiger partial charge in [0.05, 0.1) is 17.6 Å². The molecule has 1 aromatic rings. The topological polar surface area (TPSA) is 121 Å². The number of aromatic hydroxyl groups is 1. The molecule has 2 bridgehead atoms. The Kier molecular flexibility index (Phi) is 2.96. The van der Waals surface area contributed by atoms with Gasteiger partial charge in [0.15, 0.2) is 11.5 Å². The molecule has 2 saturated heterocycles. The van der Waals surface area contributed by atoms with Crippen LogP contribution in [0.4, 0.5) is 0 Å². The van der Waals surface area contributed by atoms with Crippen molar-refractivity contribution in [2.45, 2.75) is 44.0 Å². The smallest absolute Gasteiger partial charge is 0.227 e. The van der Waals surface area contributed by atoms with E-state index in [1.165, 1.54) is 6.92 Å². The minimum atomic E-state index is -2.26. The van der Waals surface area contributed by atoms with Gasteiger partial charge in [-0.25, -0.2) is 0 Å². The molecule has 3 heterocycles. The molecule has 0 saturated carbocycles. The highest BCUT2D eigenvalue weighted by Gasteiger charge is 2.64. The van der Waals surface area contributed by atoms with Gasteiger partial charge in [-0.1, -0.05) is 0 Å². The van der Waals surface area contributed by atoms with Gasteiger partial charge < -0.3 is 19.4 Å². The van der Waals surface area contributed by atoms with E-state index in [-0.39, 0.29) is 18.6 Å². The largest absolute Gasteiger partial charge is 0.502 e. The van der Waals surface area contributed by atoms with Crippen molar-refractivity contribution in [3.8, 4) is 11.8 Å². The average molecular weight is 305 g/mol. The Morgan fingerprint density at radius 3 is 2.77 bits per heavy atom. The van der Waals surface area contributed by atoms with Crippen molar-refractivity contribution in [3.63, 3.8) is 0 Å². The molecule has 116 valence electrons. The Balaban J connectivity index is 2.17.